The van der Waals surface area contributed by atoms with Gasteiger partial charge in [-0.3, -0.25) is 4.79 Å². The number of ether oxygens (including phenoxy) is 3. The van der Waals surface area contributed by atoms with E-state index in [4.69, 9.17) is 9.47 Å². The van der Waals surface area contributed by atoms with Crippen molar-refractivity contribution in [2.45, 2.75) is 25.6 Å². The van der Waals surface area contributed by atoms with E-state index in [1.54, 1.807) is 0 Å². The predicted molar refractivity (Wildman–Crippen MR) is 86.3 cm³/mol. The van der Waals surface area contributed by atoms with Crippen LogP contribution in [-0.2, 0) is 23.8 Å². The summed E-state index contributed by atoms with van der Waals surface area (Å²) in [6.45, 7) is 3.47. The molecule has 0 saturated carbocycles. The Morgan fingerprint density at radius 3 is 2.33 bits per heavy atom. The topological polar surface area (TPSA) is 85.3 Å². The van der Waals surface area contributed by atoms with Gasteiger partial charge in [0, 0.05) is 18.8 Å². The molecule has 0 amide bonds. The van der Waals surface area contributed by atoms with Crippen LogP contribution in [0.15, 0.2) is 23.4 Å². The monoisotopic (exact) mass is 393 g/mol. The molecule has 1 saturated heterocycles. The lowest BCUT2D eigenvalue weighted by Crippen LogP contribution is -2.60. The van der Waals surface area contributed by atoms with E-state index < -0.39 is 35.2 Å². The minimum absolute atomic E-state index is 0.0791. The average Bonchev–Trinajstić information content (AvgIpc) is 2.61. The van der Waals surface area contributed by atoms with Gasteiger partial charge in [-0.15, -0.1) is 0 Å². The summed E-state index contributed by atoms with van der Waals surface area (Å²) in [5, 5.41) is 10.7. The first-order valence-corrected chi connectivity index (χ1v) is 8.56. The molecule has 7 nitrogen and oxygen atoms in total. The Labute approximate surface area is 154 Å². The van der Waals surface area contributed by atoms with E-state index in [2.05, 4.69) is 4.74 Å². The van der Waals surface area contributed by atoms with Crippen molar-refractivity contribution in [3.8, 4) is 0 Å². The van der Waals surface area contributed by atoms with Crippen LogP contribution >= 0.6 is 0 Å². The summed E-state index contributed by atoms with van der Waals surface area (Å²) in [7, 11) is 0. The summed E-state index contributed by atoms with van der Waals surface area (Å²) in [4.78, 5) is 26.1. The van der Waals surface area contributed by atoms with Crippen LogP contribution in [0.2, 0.25) is 0 Å². The van der Waals surface area contributed by atoms with Crippen LogP contribution < -0.4 is 0 Å². The fourth-order valence-electron chi connectivity index (χ4n) is 3.14. The van der Waals surface area contributed by atoms with E-state index >= 15 is 0 Å². The maximum absolute atomic E-state index is 14.0. The van der Waals surface area contributed by atoms with Crippen LogP contribution in [0.1, 0.15) is 13.8 Å². The molecule has 2 rings (SSSR count). The third-order valence-electron chi connectivity index (χ3n) is 4.37. The van der Waals surface area contributed by atoms with Gasteiger partial charge in [0.15, 0.2) is 0 Å². The zero-order chi connectivity index (χ0) is 20.2. The zero-order valence-electron chi connectivity index (χ0n) is 15.0. The van der Waals surface area contributed by atoms with E-state index in [1.807, 2.05) is 0 Å². The van der Waals surface area contributed by atoms with Gasteiger partial charge >= 0.3 is 18.1 Å². The number of hydrogen-bond acceptors (Lipinski definition) is 7. The van der Waals surface area contributed by atoms with Crippen LogP contribution in [0.5, 0.6) is 0 Å². The molecule has 2 aliphatic rings. The normalized spacial score (nSPS) is 26.1. The summed E-state index contributed by atoms with van der Waals surface area (Å²) in [6, 6.07) is 0. The van der Waals surface area contributed by atoms with E-state index in [1.165, 1.54) is 24.8 Å². The molecule has 1 aliphatic carbocycles. The van der Waals surface area contributed by atoms with Gasteiger partial charge in [0.25, 0.3) is 0 Å². The number of esters is 2. The molecule has 0 spiro atoms. The number of aliphatic hydroxyl groups is 1. The van der Waals surface area contributed by atoms with Crippen molar-refractivity contribution in [1.82, 2.24) is 4.90 Å². The second kappa shape index (κ2) is 8.30. The first kappa shape index (κ1) is 21.2. The molecular formula is C17H22F3NO6. The van der Waals surface area contributed by atoms with Gasteiger partial charge in [0.05, 0.1) is 32.0 Å². The Balaban J connectivity index is 2.61. The fourth-order valence-corrected chi connectivity index (χ4v) is 3.14. The van der Waals surface area contributed by atoms with Crippen molar-refractivity contribution < 1.29 is 42.1 Å². The summed E-state index contributed by atoms with van der Waals surface area (Å²) < 4.78 is 56.6. The van der Waals surface area contributed by atoms with Crippen molar-refractivity contribution in [2.24, 2.45) is 5.92 Å². The van der Waals surface area contributed by atoms with Gasteiger partial charge in [0.1, 0.15) is 5.92 Å². The maximum Gasteiger partial charge on any atom is 0.423 e. The molecule has 1 N–H and O–H groups in total. The minimum Gasteiger partial charge on any atom is -0.465 e. The van der Waals surface area contributed by atoms with Crippen LogP contribution in [0.25, 0.3) is 0 Å². The maximum atomic E-state index is 14.0. The fraction of sp³-hybridized carbons (Fsp3) is 0.647. The standard InChI is InChI=1S/C17H22F3NO6/c1-3-26-14(22)11-5-6-12(21-7-9-25-10-8-21)13(15(23)27-4-2)16(11,24)17(18,19)20/h5-6,13,24H,3-4,7-10H2,1-2H3. The number of hydrogen-bond donors (Lipinski definition) is 1. The number of morpholine rings is 1. The molecule has 27 heavy (non-hydrogen) atoms. The smallest absolute Gasteiger partial charge is 0.423 e. The van der Waals surface area contributed by atoms with Crippen LogP contribution in [0.3, 0.4) is 0 Å². The third kappa shape index (κ3) is 3.96. The summed E-state index contributed by atoms with van der Waals surface area (Å²) in [5.41, 5.74) is -4.90. The van der Waals surface area contributed by atoms with Gasteiger partial charge in [-0.05, 0) is 26.0 Å². The highest BCUT2D eigenvalue weighted by Crippen LogP contribution is 2.48. The Bertz CT molecular complexity index is 639. The summed E-state index contributed by atoms with van der Waals surface area (Å²) >= 11 is 0. The number of allylic oxidation sites excluding steroid dienone is 2. The molecule has 1 fully saturated rings. The molecule has 1 heterocycles. The zero-order valence-corrected chi connectivity index (χ0v) is 15.0. The second-order valence-electron chi connectivity index (χ2n) is 5.94. The van der Waals surface area contributed by atoms with E-state index in [-0.39, 0.29) is 45.2 Å². The number of nitrogens with zero attached hydrogens (tertiary/aromatic N) is 1. The Morgan fingerprint density at radius 1 is 1.22 bits per heavy atom. The number of carbonyl (C=O) groups is 2. The summed E-state index contributed by atoms with van der Waals surface area (Å²) in [5.74, 6) is -4.77. The highest BCUT2D eigenvalue weighted by molar-refractivity contribution is 5.94. The van der Waals surface area contributed by atoms with Gasteiger partial charge in [-0.1, -0.05) is 0 Å². The van der Waals surface area contributed by atoms with Crippen LogP contribution in [0, 0.1) is 5.92 Å². The molecule has 2 atom stereocenters. The lowest BCUT2D eigenvalue weighted by atomic mass is 9.74. The van der Waals surface area contributed by atoms with Crippen LogP contribution in [0.4, 0.5) is 13.2 Å². The van der Waals surface area contributed by atoms with Gasteiger partial charge in [0.2, 0.25) is 5.60 Å². The van der Waals surface area contributed by atoms with E-state index in [0.717, 1.165) is 6.08 Å². The highest BCUT2D eigenvalue weighted by Gasteiger charge is 2.67. The summed E-state index contributed by atoms with van der Waals surface area (Å²) in [6.07, 6.45) is -3.25. The predicted octanol–water partition coefficient (Wildman–Crippen LogP) is 1.18. The van der Waals surface area contributed by atoms with E-state index in [0.29, 0.717) is 0 Å². The molecule has 0 radical (unpaired) electrons. The average molecular weight is 393 g/mol. The molecular weight excluding hydrogens is 371 g/mol. The Kier molecular flexibility index (Phi) is 6.53. The van der Waals surface area contributed by atoms with Crippen LogP contribution in [-0.4, -0.2) is 73.2 Å². The Hall–Kier alpha value is -2.07. The number of halogens is 3. The van der Waals surface area contributed by atoms with Crippen molar-refractivity contribution in [3.63, 3.8) is 0 Å². The molecule has 2 unspecified atom stereocenters. The first-order valence-electron chi connectivity index (χ1n) is 8.56. The molecule has 0 bridgehead atoms. The minimum atomic E-state index is -5.32. The lowest BCUT2D eigenvalue weighted by Gasteiger charge is -2.44. The Morgan fingerprint density at radius 2 is 1.81 bits per heavy atom. The number of carbonyl (C=O) groups excluding carboxylic acids is 2. The quantitative estimate of drug-likeness (QED) is 0.702. The largest absolute Gasteiger partial charge is 0.465 e. The molecule has 0 aromatic heterocycles. The first-order chi connectivity index (χ1) is 12.7. The van der Waals surface area contributed by atoms with Crippen molar-refractivity contribution in [1.29, 1.82) is 0 Å². The lowest BCUT2D eigenvalue weighted by molar-refractivity contribution is -0.263. The molecule has 0 aromatic carbocycles. The third-order valence-corrected chi connectivity index (χ3v) is 4.37. The molecule has 0 aromatic rings. The van der Waals surface area contributed by atoms with Gasteiger partial charge in [-0.2, -0.15) is 13.2 Å². The van der Waals surface area contributed by atoms with Gasteiger partial charge < -0.3 is 24.2 Å². The van der Waals surface area contributed by atoms with Crippen molar-refractivity contribution in [3.05, 3.63) is 23.4 Å². The van der Waals surface area contributed by atoms with Gasteiger partial charge in [-0.25, -0.2) is 4.79 Å². The highest BCUT2D eigenvalue weighted by atomic mass is 19.4. The van der Waals surface area contributed by atoms with Crippen molar-refractivity contribution in [2.75, 3.05) is 39.5 Å². The SMILES string of the molecule is CCOC(=O)C1=CC=C(N2CCOCC2)C(C(=O)OCC)C1(O)C(F)(F)F. The number of alkyl halides is 3. The van der Waals surface area contributed by atoms with E-state index in [9.17, 15) is 27.9 Å². The number of rotatable bonds is 5. The van der Waals surface area contributed by atoms with Crippen molar-refractivity contribution >= 4 is 11.9 Å². The molecule has 10 heteroatoms. The second-order valence-corrected chi connectivity index (χ2v) is 5.94. The molecule has 152 valence electrons. The molecule has 1 aliphatic heterocycles.